The molecular formula is C13H17N3O5. The van der Waals surface area contributed by atoms with Crippen molar-refractivity contribution in [3.63, 3.8) is 0 Å². The lowest BCUT2D eigenvalue weighted by Gasteiger charge is -2.22. The molecule has 0 aromatic heterocycles. The third kappa shape index (κ3) is 4.20. The summed E-state index contributed by atoms with van der Waals surface area (Å²) in [6.45, 7) is 2.59. The standard InChI is InChI=1S/C13H17N3O5/c17-15(18)12-2-1-11(13(7-12)16(19)20)9-14-8-10-3-5-21-6-4-10/h1-2,7,10,14H,3-6,8-9H2. The number of nitrogens with one attached hydrogen (secondary N) is 1. The molecule has 0 bridgehead atoms. The highest BCUT2D eigenvalue weighted by molar-refractivity contribution is 5.49. The minimum atomic E-state index is -0.633. The van der Waals surface area contributed by atoms with Crippen LogP contribution < -0.4 is 5.32 Å². The molecule has 114 valence electrons. The summed E-state index contributed by atoms with van der Waals surface area (Å²) < 4.78 is 5.27. The molecule has 1 aliphatic heterocycles. The number of non-ortho nitro benzene ring substituents is 1. The van der Waals surface area contributed by atoms with Gasteiger partial charge < -0.3 is 10.1 Å². The summed E-state index contributed by atoms with van der Waals surface area (Å²) in [5.74, 6) is 0.510. The monoisotopic (exact) mass is 295 g/mol. The molecule has 1 aromatic carbocycles. The summed E-state index contributed by atoms with van der Waals surface area (Å²) in [4.78, 5) is 20.4. The van der Waals surface area contributed by atoms with Crippen molar-refractivity contribution in [1.82, 2.24) is 5.32 Å². The van der Waals surface area contributed by atoms with Crippen molar-refractivity contribution in [2.75, 3.05) is 19.8 Å². The van der Waals surface area contributed by atoms with E-state index in [1.807, 2.05) is 0 Å². The predicted molar refractivity (Wildman–Crippen MR) is 75.0 cm³/mol. The Labute approximate surface area is 121 Å². The number of hydrogen-bond donors (Lipinski definition) is 1. The van der Waals surface area contributed by atoms with Crippen molar-refractivity contribution in [2.24, 2.45) is 5.92 Å². The summed E-state index contributed by atoms with van der Waals surface area (Å²) in [6.07, 6.45) is 1.96. The SMILES string of the molecule is O=[N+]([O-])c1ccc(CNCC2CCOCC2)c([N+](=O)[O-])c1. The van der Waals surface area contributed by atoms with Crippen LogP contribution in [0.1, 0.15) is 18.4 Å². The van der Waals surface area contributed by atoms with Crippen molar-refractivity contribution in [2.45, 2.75) is 19.4 Å². The first-order valence-corrected chi connectivity index (χ1v) is 6.78. The minimum absolute atomic E-state index is 0.219. The molecule has 1 aromatic rings. The van der Waals surface area contributed by atoms with Gasteiger partial charge in [-0.3, -0.25) is 20.2 Å². The van der Waals surface area contributed by atoms with Crippen molar-refractivity contribution in [3.05, 3.63) is 44.0 Å². The van der Waals surface area contributed by atoms with Gasteiger partial charge in [0.25, 0.3) is 11.4 Å². The first-order chi connectivity index (χ1) is 10.1. The average molecular weight is 295 g/mol. The number of hydrogen-bond acceptors (Lipinski definition) is 6. The quantitative estimate of drug-likeness (QED) is 0.635. The van der Waals surface area contributed by atoms with Gasteiger partial charge in [0.15, 0.2) is 0 Å². The number of nitro groups is 2. The van der Waals surface area contributed by atoms with Crippen LogP contribution in [0.25, 0.3) is 0 Å². The molecule has 1 saturated heterocycles. The maximum atomic E-state index is 11.0. The summed E-state index contributed by atoms with van der Waals surface area (Å²) in [5, 5.41) is 24.8. The number of nitrogens with zero attached hydrogens (tertiary/aromatic N) is 2. The fraction of sp³-hybridized carbons (Fsp3) is 0.538. The fourth-order valence-corrected chi connectivity index (χ4v) is 2.35. The van der Waals surface area contributed by atoms with Gasteiger partial charge >= 0.3 is 0 Å². The third-order valence-electron chi connectivity index (χ3n) is 3.57. The zero-order valence-corrected chi connectivity index (χ0v) is 11.5. The number of nitro benzene ring substituents is 2. The second-order valence-electron chi connectivity index (χ2n) is 5.01. The first kappa shape index (κ1) is 15.3. The lowest BCUT2D eigenvalue weighted by Crippen LogP contribution is -2.27. The van der Waals surface area contributed by atoms with Gasteiger partial charge in [-0.15, -0.1) is 0 Å². The second-order valence-corrected chi connectivity index (χ2v) is 5.01. The van der Waals surface area contributed by atoms with E-state index in [-0.39, 0.29) is 11.4 Å². The van der Waals surface area contributed by atoms with E-state index in [1.54, 1.807) is 0 Å². The van der Waals surface area contributed by atoms with Crippen LogP contribution in [0, 0.1) is 26.1 Å². The van der Waals surface area contributed by atoms with Crippen LogP contribution in [-0.4, -0.2) is 29.6 Å². The van der Waals surface area contributed by atoms with Crippen molar-refractivity contribution >= 4 is 11.4 Å². The second kappa shape index (κ2) is 7.09. The lowest BCUT2D eigenvalue weighted by molar-refractivity contribution is -0.394. The Balaban J connectivity index is 1.98. The van der Waals surface area contributed by atoms with Crippen LogP contribution in [0.5, 0.6) is 0 Å². The van der Waals surface area contributed by atoms with E-state index in [2.05, 4.69) is 5.32 Å². The number of benzene rings is 1. The van der Waals surface area contributed by atoms with Crippen molar-refractivity contribution < 1.29 is 14.6 Å². The molecule has 1 heterocycles. The lowest BCUT2D eigenvalue weighted by atomic mass is 10.0. The molecule has 1 N–H and O–H groups in total. The Morgan fingerprint density at radius 1 is 1.19 bits per heavy atom. The van der Waals surface area contributed by atoms with Gasteiger partial charge in [-0.2, -0.15) is 0 Å². The van der Waals surface area contributed by atoms with E-state index in [0.29, 0.717) is 18.0 Å². The molecule has 0 saturated carbocycles. The summed E-state index contributed by atoms with van der Waals surface area (Å²) in [5.41, 5.74) is -0.0313. The average Bonchev–Trinajstić information content (AvgIpc) is 2.48. The predicted octanol–water partition coefficient (Wildman–Crippen LogP) is 2.02. The smallest absolute Gasteiger partial charge is 0.280 e. The molecule has 21 heavy (non-hydrogen) atoms. The van der Waals surface area contributed by atoms with Gasteiger partial charge in [0.05, 0.1) is 15.9 Å². The van der Waals surface area contributed by atoms with Crippen LogP contribution in [0.4, 0.5) is 11.4 Å². The molecule has 0 radical (unpaired) electrons. The molecule has 0 atom stereocenters. The van der Waals surface area contributed by atoms with Crippen molar-refractivity contribution in [1.29, 1.82) is 0 Å². The molecule has 2 rings (SSSR count). The largest absolute Gasteiger partial charge is 0.381 e. The normalized spacial score (nSPS) is 15.8. The Kier molecular flexibility index (Phi) is 5.18. The van der Waals surface area contributed by atoms with Crippen LogP contribution in [0.15, 0.2) is 18.2 Å². The first-order valence-electron chi connectivity index (χ1n) is 6.78. The topological polar surface area (TPSA) is 108 Å². The highest BCUT2D eigenvalue weighted by atomic mass is 16.6. The Morgan fingerprint density at radius 2 is 1.90 bits per heavy atom. The highest BCUT2D eigenvalue weighted by Gasteiger charge is 2.19. The van der Waals surface area contributed by atoms with Gasteiger partial charge in [0, 0.05) is 31.4 Å². The van der Waals surface area contributed by atoms with Crippen molar-refractivity contribution in [3.8, 4) is 0 Å². The molecule has 0 amide bonds. The van der Waals surface area contributed by atoms with E-state index in [1.165, 1.54) is 12.1 Å². The van der Waals surface area contributed by atoms with Crippen LogP contribution in [0.2, 0.25) is 0 Å². The molecule has 8 heteroatoms. The Hall–Kier alpha value is -2.06. The van der Waals surface area contributed by atoms with Gasteiger partial charge in [-0.1, -0.05) is 0 Å². The fourth-order valence-electron chi connectivity index (χ4n) is 2.35. The Morgan fingerprint density at radius 3 is 2.52 bits per heavy atom. The summed E-state index contributed by atoms with van der Waals surface area (Å²) in [6, 6.07) is 3.73. The molecule has 1 aliphatic rings. The number of ether oxygens (including phenoxy) is 1. The van der Waals surface area contributed by atoms with E-state index in [4.69, 9.17) is 4.74 Å². The van der Waals surface area contributed by atoms with Crippen LogP contribution in [-0.2, 0) is 11.3 Å². The molecule has 0 spiro atoms. The molecule has 1 fully saturated rings. The van der Waals surface area contributed by atoms with E-state index >= 15 is 0 Å². The van der Waals surface area contributed by atoms with Gasteiger partial charge in [-0.05, 0) is 31.4 Å². The van der Waals surface area contributed by atoms with Crippen LogP contribution in [0.3, 0.4) is 0 Å². The van der Waals surface area contributed by atoms with E-state index < -0.39 is 9.85 Å². The zero-order valence-electron chi connectivity index (χ0n) is 11.5. The van der Waals surface area contributed by atoms with E-state index in [0.717, 1.165) is 38.7 Å². The summed E-state index contributed by atoms with van der Waals surface area (Å²) >= 11 is 0. The Bertz CT molecular complexity index is 529. The van der Waals surface area contributed by atoms with Gasteiger partial charge in [0.1, 0.15) is 0 Å². The molecule has 0 aliphatic carbocycles. The third-order valence-corrected chi connectivity index (χ3v) is 3.57. The molecular weight excluding hydrogens is 278 g/mol. The summed E-state index contributed by atoms with van der Waals surface area (Å²) in [7, 11) is 0. The van der Waals surface area contributed by atoms with Gasteiger partial charge in [-0.25, -0.2) is 0 Å². The number of rotatable bonds is 6. The maximum Gasteiger partial charge on any atom is 0.280 e. The van der Waals surface area contributed by atoms with Crippen LogP contribution >= 0.6 is 0 Å². The maximum absolute atomic E-state index is 11.0. The van der Waals surface area contributed by atoms with E-state index in [9.17, 15) is 20.2 Å². The molecule has 8 nitrogen and oxygen atoms in total. The molecule has 0 unspecified atom stereocenters. The highest BCUT2D eigenvalue weighted by Crippen LogP contribution is 2.24. The minimum Gasteiger partial charge on any atom is -0.381 e. The van der Waals surface area contributed by atoms with Gasteiger partial charge in [0.2, 0.25) is 0 Å². The zero-order chi connectivity index (χ0) is 15.2.